The average molecular weight is 349 g/mol. The highest BCUT2D eigenvalue weighted by atomic mass is 32.2. The van der Waals surface area contributed by atoms with E-state index in [2.05, 4.69) is 32.4 Å². The summed E-state index contributed by atoms with van der Waals surface area (Å²) in [6.07, 6.45) is 5.55. The summed E-state index contributed by atoms with van der Waals surface area (Å²) in [6.45, 7) is 6.79. The molecule has 0 unspecified atom stereocenters. The second-order valence-electron chi connectivity index (χ2n) is 6.10. The van der Waals surface area contributed by atoms with E-state index in [0.717, 1.165) is 50.4 Å². The normalized spacial score (nSPS) is 19.0. The number of unbranched alkanes of at least 4 members (excludes halogenated alkanes) is 2. The van der Waals surface area contributed by atoms with Crippen LogP contribution in [-0.2, 0) is 11.3 Å². The summed E-state index contributed by atoms with van der Waals surface area (Å²) in [6, 6.07) is 6.33. The van der Waals surface area contributed by atoms with Gasteiger partial charge in [0.1, 0.15) is 12.4 Å². The summed E-state index contributed by atoms with van der Waals surface area (Å²) >= 11 is 1.75. The van der Waals surface area contributed by atoms with E-state index in [1.165, 1.54) is 30.5 Å². The Morgan fingerprint density at radius 2 is 2.21 bits per heavy atom. The van der Waals surface area contributed by atoms with E-state index in [0.29, 0.717) is 6.61 Å². The molecule has 0 bridgehead atoms. The number of hydrogen-bond donors (Lipinski definition) is 1. The van der Waals surface area contributed by atoms with Crippen LogP contribution in [0.25, 0.3) is 0 Å². The highest BCUT2D eigenvalue weighted by Gasteiger charge is 2.19. The van der Waals surface area contributed by atoms with E-state index >= 15 is 0 Å². The molecule has 24 heavy (non-hydrogen) atoms. The van der Waals surface area contributed by atoms with E-state index in [9.17, 15) is 0 Å². The van der Waals surface area contributed by atoms with Crippen LogP contribution in [0.1, 0.15) is 43.7 Å². The number of benzene rings is 1. The van der Waals surface area contributed by atoms with Crippen LogP contribution in [0, 0.1) is 0 Å². The first-order valence-electron chi connectivity index (χ1n) is 8.96. The maximum Gasteiger partial charge on any atom is 0.119 e. The number of hydrogen-bond acceptors (Lipinski definition) is 6. The second kappa shape index (κ2) is 9.30. The first-order chi connectivity index (χ1) is 11.9. The number of fused-ring (bicyclic) bond motifs is 1. The fraction of sp³-hybridized carbons (Fsp3) is 0.611. The number of rotatable bonds is 9. The Kier molecular flexibility index (Phi) is 6.81. The molecule has 1 aromatic rings. The molecule has 1 aliphatic carbocycles. The van der Waals surface area contributed by atoms with Crippen LogP contribution in [0.3, 0.4) is 0 Å². The lowest BCUT2D eigenvalue weighted by Gasteiger charge is -2.12. The molecule has 0 amide bonds. The van der Waals surface area contributed by atoms with Gasteiger partial charge in [-0.05, 0) is 62.8 Å². The minimum Gasteiger partial charge on any atom is -0.494 e. The van der Waals surface area contributed by atoms with Crippen molar-refractivity contribution >= 4 is 17.8 Å². The number of nitrogens with zero attached hydrogens (tertiary/aromatic N) is 2. The highest BCUT2D eigenvalue weighted by molar-refractivity contribution is 7.95. The molecule has 1 saturated heterocycles. The van der Waals surface area contributed by atoms with E-state index in [4.69, 9.17) is 9.57 Å². The molecule has 0 radical (unpaired) electrons. The third kappa shape index (κ3) is 4.88. The Morgan fingerprint density at radius 1 is 1.25 bits per heavy atom. The van der Waals surface area contributed by atoms with Gasteiger partial charge >= 0.3 is 0 Å². The Labute approximate surface area is 149 Å². The fourth-order valence-electron chi connectivity index (χ4n) is 3.04. The maximum absolute atomic E-state index is 5.92. The summed E-state index contributed by atoms with van der Waals surface area (Å²) in [5, 5.41) is 4.21. The number of aryl methyl sites for hydroxylation is 1. The molecule has 1 aliphatic heterocycles. The van der Waals surface area contributed by atoms with Crippen LogP contribution in [0.5, 0.6) is 5.75 Å². The van der Waals surface area contributed by atoms with Gasteiger partial charge in [0.05, 0.1) is 12.3 Å². The van der Waals surface area contributed by atoms with Crippen molar-refractivity contribution in [3.63, 3.8) is 0 Å². The summed E-state index contributed by atoms with van der Waals surface area (Å²) < 4.78 is 11.6. The van der Waals surface area contributed by atoms with Crippen LogP contribution in [-0.4, -0.2) is 42.9 Å². The van der Waals surface area contributed by atoms with Crippen molar-refractivity contribution in [2.75, 3.05) is 32.8 Å². The Morgan fingerprint density at radius 3 is 3.04 bits per heavy atom. The molecule has 3 rings (SSSR count). The van der Waals surface area contributed by atoms with Crippen molar-refractivity contribution < 1.29 is 9.57 Å². The number of oxime groups is 1. The van der Waals surface area contributed by atoms with Gasteiger partial charge < -0.3 is 9.57 Å². The van der Waals surface area contributed by atoms with Crippen molar-refractivity contribution in [2.45, 2.75) is 39.0 Å². The largest absolute Gasteiger partial charge is 0.494 e. The lowest BCUT2D eigenvalue weighted by atomic mass is 10.1. The molecule has 0 atom stereocenters. The lowest BCUT2D eigenvalue weighted by Crippen LogP contribution is -2.14. The molecule has 1 aromatic carbocycles. The molecule has 1 N–H and O–H groups in total. The Hall–Kier alpha value is -1.24. The van der Waals surface area contributed by atoms with Gasteiger partial charge in [0, 0.05) is 37.3 Å². The molecule has 0 aromatic heterocycles. The molecular weight excluding hydrogens is 322 g/mol. The predicted octanol–water partition coefficient (Wildman–Crippen LogP) is 3.39. The summed E-state index contributed by atoms with van der Waals surface area (Å²) in [7, 11) is 0. The molecule has 0 spiro atoms. The fourth-order valence-corrected chi connectivity index (χ4v) is 3.81. The van der Waals surface area contributed by atoms with Crippen molar-refractivity contribution in [3.8, 4) is 5.75 Å². The van der Waals surface area contributed by atoms with Crippen molar-refractivity contribution in [2.24, 2.45) is 5.16 Å². The van der Waals surface area contributed by atoms with Gasteiger partial charge in [-0.15, -0.1) is 0 Å². The summed E-state index contributed by atoms with van der Waals surface area (Å²) in [5.74, 6) is 0.978. The molecule has 132 valence electrons. The van der Waals surface area contributed by atoms with E-state index in [1.54, 1.807) is 12.1 Å². The van der Waals surface area contributed by atoms with Gasteiger partial charge in [-0.1, -0.05) is 5.16 Å². The van der Waals surface area contributed by atoms with Gasteiger partial charge in [0.2, 0.25) is 0 Å². The Balaban J connectivity index is 1.37. The molecular formula is C18H27N3O2S. The van der Waals surface area contributed by atoms with Gasteiger partial charge in [-0.25, -0.2) is 9.03 Å². The molecule has 6 heteroatoms. The quantitative estimate of drug-likeness (QED) is 0.421. The zero-order chi connectivity index (χ0) is 16.6. The third-order valence-electron chi connectivity index (χ3n) is 4.30. The smallest absolute Gasteiger partial charge is 0.119 e. The first kappa shape index (κ1) is 17.6. The van der Waals surface area contributed by atoms with Gasteiger partial charge in [-0.3, -0.25) is 0 Å². The van der Waals surface area contributed by atoms with E-state index in [-0.39, 0.29) is 0 Å². The second-order valence-corrected chi connectivity index (χ2v) is 7.09. The number of nitrogens with one attached hydrogen (secondary N) is 1. The molecule has 1 fully saturated rings. The van der Waals surface area contributed by atoms with Gasteiger partial charge in [0.15, 0.2) is 0 Å². The van der Waals surface area contributed by atoms with Crippen LogP contribution in [0.15, 0.2) is 23.4 Å². The third-order valence-corrected chi connectivity index (χ3v) is 5.26. The summed E-state index contributed by atoms with van der Waals surface area (Å²) in [5.41, 5.74) is 3.60. The summed E-state index contributed by atoms with van der Waals surface area (Å²) in [4.78, 5) is 5.19. The average Bonchev–Trinajstić information content (AvgIpc) is 3.25. The zero-order valence-electron chi connectivity index (χ0n) is 14.4. The minimum absolute atomic E-state index is 0.618. The Bertz CT molecular complexity index is 559. The lowest BCUT2D eigenvalue weighted by molar-refractivity contribution is 0.158. The van der Waals surface area contributed by atoms with E-state index in [1.807, 2.05) is 6.92 Å². The highest BCUT2D eigenvalue weighted by Crippen LogP contribution is 2.27. The molecule has 2 aliphatic rings. The maximum atomic E-state index is 5.92. The van der Waals surface area contributed by atoms with Gasteiger partial charge in [-0.2, -0.15) is 0 Å². The monoisotopic (exact) mass is 349 g/mol. The minimum atomic E-state index is 0.618. The predicted molar refractivity (Wildman–Crippen MR) is 99.4 cm³/mol. The van der Waals surface area contributed by atoms with Crippen LogP contribution < -0.4 is 9.46 Å². The topological polar surface area (TPSA) is 46.1 Å². The van der Waals surface area contributed by atoms with Crippen molar-refractivity contribution in [1.29, 1.82) is 0 Å². The first-order valence-corrected chi connectivity index (χ1v) is 9.74. The standard InChI is InChI=1S/C18H27N3O2S/c1-2-23-20-18-9-6-15-14-16(7-8-17(15)18)22-13-5-3-4-11-21-12-10-19-24-21/h7-8,14,19H,2-6,9-13H2,1H3/b20-18+. The van der Waals surface area contributed by atoms with Gasteiger partial charge in [0.25, 0.3) is 0 Å². The van der Waals surface area contributed by atoms with Crippen LogP contribution in [0.4, 0.5) is 0 Å². The van der Waals surface area contributed by atoms with Crippen molar-refractivity contribution in [3.05, 3.63) is 29.3 Å². The SMILES string of the molecule is CCO/N=C1\CCc2cc(OCCCCCN3CCNS3)ccc21. The molecule has 5 nitrogen and oxygen atoms in total. The van der Waals surface area contributed by atoms with Crippen molar-refractivity contribution in [1.82, 2.24) is 9.03 Å². The molecule has 1 heterocycles. The zero-order valence-corrected chi connectivity index (χ0v) is 15.2. The van der Waals surface area contributed by atoms with Crippen LogP contribution in [0.2, 0.25) is 0 Å². The van der Waals surface area contributed by atoms with E-state index < -0.39 is 0 Å². The molecule has 0 saturated carbocycles. The number of ether oxygens (including phenoxy) is 1. The van der Waals surface area contributed by atoms with Crippen LogP contribution >= 0.6 is 12.1 Å².